The van der Waals surface area contributed by atoms with Gasteiger partial charge in [0.1, 0.15) is 5.69 Å². The SMILES string of the molecule is Cn1cc(C(=O)C2CCC(C(C)(C)C)CC2)cc1C(=O)O. The molecule has 1 saturated carbocycles. The molecule has 1 aliphatic carbocycles. The van der Waals surface area contributed by atoms with Gasteiger partial charge in [-0.15, -0.1) is 0 Å². The van der Waals surface area contributed by atoms with Gasteiger partial charge in [0.25, 0.3) is 0 Å². The van der Waals surface area contributed by atoms with Crippen LogP contribution in [0.15, 0.2) is 12.3 Å². The van der Waals surface area contributed by atoms with Crippen LogP contribution in [0.5, 0.6) is 0 Å². The van der Waals surface area contributed by atoms with Crippen molar-refractivity contribution in [2.24, 2.45) is 24.3 Å². The monoisotopic (exact) mass is 291 g/mol. The van der Waals surface area contributed by atoms with E-state index in [1.165, 1.54) is 10.6 Å². The second-order valence-corrected chi connectivity index (χ2v) is 7.31. The van der Waals surface area contributed by atoms with Crippen molar-refractivity contribution in [3.8, 4) is 0 Å². The van der Waals surface area contributed by atoms with Gasteiger partial charge in [-0.2, -0.15) is 0 Å². The highest BCUT2D eigenvalue weighted by Gasteiger charge is 2.33. The Bertz CT molecular complexity index is 543. The minimum absolute atomic E-state index is 0.0487. The van der Waals surface area contributed by atoms with Gasteiger partial charge >= 0.3 is 5.97 Å². The van der Waals surface area contributed by atoms with Gasteiger partial charge in [0, 0.05) is 24.7 Å². The third-order valence-electron chi connectivity index (χ3n) is 4.83. The first-order chi connectivity index (χ1) is 9.70. The van der Waals surface area contributed by atoms with Crippen LogP contribution >= 0.6 is 0 Å². The van der Waals surface area contributed by atoms with Crippen LogP contribution < -0.4 is 0 Å². The van der Waals surface area contributed by atoms with E-state index in [9.17, 15) is 9.59 Å². The molecule has 1 aromatic heterocycles. The maximum absolute atomic E-state index is 12.5. The minimum atomic E-state index is -0.993. The Labute approximate surface area is 126 Å². The molecular weight excluding hydrogens is 266 g/mol. The summed E-state index contributed by atoms with van der Waals surface area (Å²) in [5, 5.41) is 9.06. The molecule has 1 aromatic rings. The molecule has 0 aliphatic heterocycles. The molecule has 0 bridgehead atoms. The quantitative estimate of drug-likeness (QED) is 0.863. The summed E-state index contributed by atoms with van der Waals surface area (Å²) in [5.74, 6) is -0.169. The Morgan fingerprint density at radius 3 is 2.19 bits per heavy atom. The summed E-state index contributed by atoms with van der Waals surface area (Å²) in [6, 6.07) is 1.50. The van der Waals surface area contributed by atoms with Crippen LogP contribution in [0.2, 0.25) is 0 Å². The van der Waals surface area contributed by atoms with Crippen molar-refractivity contribution in [3.05, 3.63) is 23.5 Å². The highest BCUT2D eigenvalue weighted by atomic mass is 16.4. The number of hydrogen-bond acceptors (Lipinski definition) is 2. The van der Waals surface area contributed by atoms with E-state index in [1.54, 1.807) is 13.2 Å². The zero-order chi connectivity index (χ0) is 15.8. The van der Waals surface area contributed by atoms with Gasteiger partial charge in [-0.3, -0.25) is 4.79 Å². The van der Waals surface area contributed by atoms with E-state index >= 15 is 0 Å². The number of ketones is 1. The summed E-state index contributed by atoms with van der Waals surface area (Å²) < 4.78 is 1.51. The van der Waals surface area contributed by atoms with E-state index in [-0.39, 0.29) is 17.4 Å². The summed E-state index contributed by atoms with van der Waals surface area (Å²) in [4.78, 5) is 23.6. The van der Waals surface area contributed by atoms with Crippen molar-refractivity contribution in [3.63, 3.8) is 0 Å². The lowest BCUT2D eigenvalue weighted by atomic mass is 9.69. The van der Waals surface area contributed by atoms with Gasteiger partial charge < -0.3 is 9.67 Å². The number of carboxylic acids is 1. The molecule has 0 unspecified atom stereocenters. The standard InChI is InChI=1S/C17H25NO3/c1-17(2,3)13-7-5-11(6-8-13)15(19)12-9-14(16(20)21)18(4)10-12/h9-11,13H,5-8H2,1-4H3,(H,20,21). The average Bonchev–Trinajstić information content (AvgIpc) is 2.79. The molecule has 0 aromatic carbocycles. The summed E-state index contributed by atoms with van der Waals surface area (Å²) in [6.45, 7) is 6.78. The molecule has 21 heavy (non-hydrogen) atoms. The second-order valence-electron chi connectivity index (χ2n) is 7.31. The molecule has 0 atom stereocenters. The predicted octanol–water partition coefficient (Wildman–Crippen LogP) is 3.76. The number of carbonyl (C=O) groups is 2. The maximum atomic E-state index is 12.5. The molecule has 4 nitrogen and oxygen atoms in total. The molecule has 0 saturated heterocycles. The molecule has 2 rings (SSSR count). The van der Waals surface area contributed by atoms with Crippen LogP contribution in [0.1, 0.15) is 67.3 Å². The van der Waals surface area contributed by atoms with Crippen LogP contribution in [-0.4, -0.2) is 21.4 Å². The van der Waals surface area contributed by atoms with Crippen molar-refractivity contribution < 1.29 is 14.7 Å². The highest BCUT2D eigenvalue weighted by Crippen LogP contribution is 2.40. The van der Waals surface area contributed by atoms with E-state index in [2.05, 4.69) is 20.8 Å². The molecule has 4 heteroatoms. The maximum Gasteiger partial charge on any atom is 0.352 e. The summed E-state index contributed by atoms with van der Waals surface area (Å²) in [5.41, 5.74) is 1.01. The van der Waals surface area contributed by atoms with Gasteiger partial charge in [0.15, 0.2) is 5.78 Å². The molecule has 1 aliphatic rings. The second kappa shape index (κ2) is 5.66. The number of hydrogen-bond donors (Lipinski definition) is 1. The van der Waals surface area contributed by atoms with E-state index in [0.29, 0.717) is 16.9 Å². The Morgan fingerprint density at radius 1 is 1.19 bits per heavy atom. The Hall–Kier alpha value is -1.58. The number of aromatic nitrogens is 1. The summed E-state index contributed by atoms with van der Waals surface area (Å²) in [7, 11) is 1.66. The number of nitrogens with zero attached hydrogens (tertiary/aromatic N) is 1. The van der Waals surface area contributed by atoms with Crippen molar-refractivity contribution in [1.29, 1.82) is 0 Å². The molecule has 1 fully saturated rings. The van der Waals surface area contributed by atoms with Crippen molar-refractivity contribution >= 4 is 11.8 Å². The highest BCUT2D eigenvalue weighted by molar-refractivity contribution is 6.00. The molecule has 116 valence electrons. The summed E-state index contributed by atoms with van der Waals surface area (Å²) in [6.07, 6.45) is 5.63. The van der Waals surface area contributed by atoms with Gasteiger partial charge in [-0.1, -0.05) is 20.8 Å². The third-order valence-corrected chi connectivity index (χ3v) is 4.83. The van der Waals surface area contributed by atoms with E-state index in [0.717, 1.165) is 25.7 Å². The fourth-order valence-electron chi connectivity index (χ4n) is 3.37. The Kier molecular flexibility index (Phi) is 4.26. The molecule has 0 spiro atoms. The number of Topliss-reactive ketones (excluding diaryl/α,β-unsaturated/α-hetero) is 1. The van der Waals surface area contributed by atoms with Crippen molar-refractivity contribution in [1.82, 2.24) is 4.57 Å². The summed E-state index contributed by atoms with van der Waals surface area (Å²) >= 11 is 0. The van der Waals surface area contributed by atoms with Crippen LogP contribution in [0.3, 0.4) is 0 Å². The fraction of sp³-hybridized carbons (Fsp3) is 0.647. The Morgan fingerprint density at radius 2 is 1.76 bits per heavy atom. The zero-order valence-corrected chi connectivity index (χ0v) is 13.3. The average molecular weight is 291 g/mol. The Balaban J connectivity index is 2.06. The first kappa shape index (κ1) is 15.8. The first-order valence-corrected chi connectivity index (χ1v) is 7.64. The number of carboxylic acid groups (broad SMARTS) is 1. The molecule has 1 heterocycles. The van der Waals surface area contributed by atoms with Crippen LogP contribution in [0, 0.1) is 17.3 Å². The van der Waals surface area contributed by atoms with E-state index in [1.807, 2.05) is 0 Å². The lowest BCUT2D eigenvalue weighted by molar-refractivity contribution is 0.0686. The number of aryl methyl sites for hydroxylation is 1. The fourth-order valence-corrected chi connectivity index (χ4v) is 3.37. The normalized spacial score (nSPS) is 23.0. The van der Waals surface area contributed by atoms with Gasteiger partial charge in [-0.25, -0.2) is 4.79 Å². The van der Waals surface area contributed by atoms with Gasteiger partial charge in [0.2, 0.25) is 0 Å². The van der Waals surface area contributed by atoms with E-state index < -0.39 is 5.97 Å². The first-order valence-electron chi connectivity index (χ1n) is 7.64. The van der Waals surface area contributed by atoms with Crippen molar-refractivity contribution in [2.75, 3.05) is 0 Å². The number of rotatable bonds is 3. The van der Waals surface area contributed by atoms with Crippen molar-refractivity contribution in [2.45, 2.75) is 46.5 Å². The molecule has 0 radical (unpaired) electrons. The molecule has 1 N–H and O–H groups in total. The van der Waals surface area contributed by atoms with Crippen LogP contribution in [-0.2, 0) is 7.05 Å². The molecular formula is C17H25NO3. The van der Waals surface area contributed by atoms with Gasteiger partial charge in [-0.05, 0) is 43.1 Å². The van der Waals surface area contributed by atoms with Crippen LogP contribution in [0.25, 0.3) is 0 Å². The smallest absolute Gasteiger partial charge is 0.352 e. The number of aromatic carboxylic acids is 1. The van der Waals surface area contributed by atoms with Crippen LogP contribution in [0.4, 0.5) is 0 Å². The largest absolute Gasteiger partial charge is 0.477 e. The zero-order valence-electron chi connectivity index (χ0n) is 13.3. The third kappa shape index (κ3) is 3.36. The molecule has 0 amide bonds. The van der Waals surface area contributed by atoms with E-state index in [4.69, 9.17) is 5.11 Å². The lowest BCUT2D eigenvalue weighted by Crippen LogP contribution is -2.28. The number of carbonyl (C=O) groups excluding carboxylic acids is 1. The predicted molar refractivity (Wildman–Crippen MR) is 81.6 cm³/mol. The minimum Gasteiger partial charge on any atom is -0.477 e. The topological polar surface area (TPSA) is 59.3 Å². The van der Waals surface area contributed by atoms with Gasteiger partial charge in [0.05, 0.1) is 0 Å². The lowest BCUT2D eigenvalue weighted by Gasteiger charge is -2.36.